The van der Waals surface area contributed by atoms with Gasteiger partial charge in [-0.1, -0.05) is 121 Å². The second-order valence-corrected chi connectivity index (χ2v) is 10.7. The SMILES string of the molecule is CCCCCCCCCCCCCCCCOCC(O)CN1CCC(C#N)(c2ccccc2)CC1. The number of aliphatic hydroxyl groups is 1. The molecule has 0 amide bonds. The van der Waals surface area contributed by atoms with E-state index in [9.17, 15) is 10.4 Å². The maximum absolute atomic E-state index is 10.4. The largest absolute Gasteiger partial charge is 0.389 e. The quantitative estimate of drug-likeness (QED) is 0.196. The van der Waals surface area contributed by atoms with E-state index in [1.165, 1.54) is 83.5 Å². The molecule has 1 atom stereocenters. The standard InChI is InChI=1S/C31H52N2O2/c1-2-3-4-5-6-7-8-9-10-11-12-13-14-18-25-35-27-30(34)26-33-23-21-31(28-32,22-24-33)29-19-16-15-17-20-29/h15-17,19-20,30,34H,2-14,18,21-27H2,1H3. The molecule has 1 aliphatic heterocycles. The summed E-state index contributed by atoms with van der Waals surface area (Å²) in [6.45, 7) is 5.77. The van der Waals surface area contributed by atoms with Crippen LogP contribution in [0.25, 0.3) is 0 Å². The summed E-state index contributed by atoms with van der Waals surface area (Å²) in [4.78, 5) is 2.28. The highest BCUT2D eigenvalue weighted by atomic mass is 16.5. The topological polar surface area (TPSA) is 56.5 Å². The van der Waals surface area contributed by atoms with Crippen LogP contribution < -0.4 is 0 Å². The Bertz CT molecular complexity index is 664. The number of hydrogen-bond donors (Lipinski definition) is 1. The van der Waals surface area contributed by atoms with Gasteiger partial charge in [-0.3, -0.25) is 0 Å². The highest BCUT2D eigenvalue weighted by molar-refractivity contribution is 5.33. The van der Waals surface area contributed by atoms with Gasteiger partial charge >= 0.3 is 0 Å². The minimum atomic E-state index is -0.451. The fourth-order valence-corrected chi connectivity index (χ4v) is 5.31. The lowest BCUT2D eigenvalue weighted by Crippen LogP contribution is -2.45. The molecule has 0 aliphatic carbocycles. The van der Waals surface area contributed by atoms with Gasteiger partial charge < -0.3 is 14.7 Å². The van der Waals surface area contributed by atoms with Gasteiger partial charge in [-0.25, -0.2) is 0 Å². The Morgan fingerprint density at radius 1 is 0.857 bits per heavy atom. The van der Waals surface area contributed by atoms with Gasteiger partial charge in [0.1, 0.15) is 0 Å². The van der Waals surface area contributed by atoms with Crippen LogP contribution in [-0.4, -0.2) is 49.0 Å². The summed E-state index contributed by atoms with van der Waals surface area (Å²) in [5.41, 5.74) is 0.742. The maximum atomic E-state index is 10.4. The smallest absolute Gasteiger partial charge is 0.0900 e. The molecule has 1 unspecified atom stereocenters. The maximum Gasteiger partial charge on any atom is 0.0900 e. The predicted octanol–water partition coefficient (Wildman–Crippen LogP) is 7.40. The van der Waals surface area contributed by atoms with Crippen molar-refractivity contribution in [2.45, 2.75) is 121 Å². The first-order valence-corrected chi connectivity index (χ1v) is 14.6. The second kappa shape index (κ2) is 18.8. The Labute approximate surface area is 216 Å². The molecular formula is C31H52N2O2. The van der Waals surface area contributed by atoms with Crippen LogP contribution in [0, 0.1) is 11.3 Å². The number of rotatable bonds is 20. The Hall–Kier alpha value is -1.41. The van der Waals surface area contributed by atoms with Gasteiger partial charge in [0, 0.05) is 26.2 Å². The fraction of sp³-hybridized carbons (Fsp3) is 0.774. The van der Waals surface area contributed by atoms with Crippen LogP contribution >= 0.6 is 0 Å². The molecule has 0 spiro atoms. The van der Waals surface area contributed by atoms with Gasteiger partial charge in [0.25, 0.3) is 0 Å². The number of unbranched alkanes of at least 4 members (excludes halogenated alkanes) is 13. The molecule has 198 valence electrons. The average molecular weight is 485 g/mol. The first-order chi connectivity index (χ1) is 17.2. The number of likely N-dealkylation sites (tertiary alicyclic amines) is 1. The van der Waals surface area contributed by atoms with Crippen LogP contribution in [0.1, 0.15) is 115 Å². The van der Waals surface area contributed by atoms with Crippen LogP contribution in [0.2, 0.25) is 0 Å². The van der Waals surface area contributed by atoms with Crippen molar-refractivity contribution in [2.75, 3.05) is 32.8 Å². The zero-order valence-corrected chi connectivity index (χ0v) is 22.6. The molecule has 35 heavy (non-hydrogen) atoms. The molecule has 1 heterocycles. The number of β-amino-alcohol motifs (C(OH)–C–C–N with tert-alkyl or cyclic N) is 1. The molecule has 1 aromatic carbocycles. The van der Waals surface area contributed by atoms with Gasteiger partial charge in [0.05, 0.1) is 24.2 Å². The van der Waals surface area contributed by atoms with Gasteiger partial charge in [-0.05, 0) is 24.8 Å². The summed E-state index contributed by atoms with van der Waals surface area (Å²) in [6.07, 6.45) is 20.2. The Morgan fingerprint density at radius 3 is 1.89 bits per heavy atom. The first kappa shape index (κ1) is 29.8. The molecule has 1 aliphatic rings. The Kier molecular flexibility index (Phi) is 16.0. The van der Waals surface area contributed by atoms with E-state index in [0.29, 0.717) is 13.2 Å². The van der Waals surface area contributed by atoms with E-state index in [4.69, 9.17) is 4.74 Å². The van der Waals surface area contributed by atoms with Gasteiger partial charge in [-0.15, -0.1) is 0 Å². The van der Waals surface area contributed by atoms with E-state index in [1.807, 2.05) is 18.2 Å². The summed E-state index contributed by atoms with van der Waals surface area (Å²) < 4.78 is 5.75. The lowest BCUT2D eigenvalue weighted by atomic mass is 9.74. The van der Waals surface area contributed by atoms with Crippen LogP contribution in [0.4, 0.5) is 0 Å². The third-order valence-corrected chi connectivity index (χ3v) is 7.67. The zero-order chi connectivity index (χ0) is 25.0. The molecule has 1 N–H and O–H groups in total. The Morgan fingerprint density at radius 2 is 1.37 bits per heavy atom. The Balaban J connectivity index is 1.39. The summed E-state index contributed by atoms with van der Waals surface area (Å²) in [5, 5.41) is 20.2. The molecule has 1 aromatic rings. The summed E-state index contributed by atoms with van der Waals surface area (Å²) in [7, 11) is 0. The number of nitriles is 1. The van der Waals surface area contributed by atoms with Gasteiger partial charge in [0.15, 0.2) is 0 Å². The van der Waals surface area contributed by atoms with Crippen molar-refractivity contribution in [3.05, 3.63) is 35.9 Å². The molecule has 2 rings (SSSR count). The molecular weight excluding hydrogens is 432 g/mol. The minimum Gasteiger partial charge on any atom is -0.389 e. The van der Waals surface area contributed by atoms with E-state index in [2.05, 4.69) is 30.0 Å². The highest BCUT2D eigenvalue weighted by Crippen LogP contribution is 2.34. The second-order valence-electron chi connectivity index (χ2n) is 10.7. The average Bonchev–Trinajstić information content (AvgIpc) is 2.89. The molecule has 1 fully saturated rings. The van der Waals surface area contributed by atoms with E-state index in [0.717, 1.165) is 44.5 Å². The molecule has 4 heteroatoms. The molecule has 1 saturated heterocycles. The monoisotopic (exact) mass is 484 g/mol. The number of aliphatic hydroxyl groups excluding tert-OH is 1. The van der Waals surface area contributed by atoms with E-state index >= 15 is 0 Å². The molecule has 0 aromatic heterocycles. The van der Waals surface area contributed by atoms with Crippen molar-refractivity contribution in [3.8, 4) is 6.07 Å². The van der Waals surface area contributed by atoms with Crippen LogP contribution in [0.15, 0.2) is 30.3 Å². The lowest BCUT2D eigenvalue weighted by molar-refractivity contribution is 0.00971. The normalized spacial score (nSPS) is 16.7. The molecule has 4 nitrogen and oxygen atoms in total. The number of nitrogens with zero attached hydrogens (tertiary/aromatic N) is 2. The van der Waals surface area contributed by atoms with Crippen LogP contribution in [0.5, 0.6) is 0 Å². The summed E-state index contributed by atoms with van der Waals surface area (Å²) >= 11 is 0. The molecule has 0 radical (unpaired) electrons. The highest BCUT2D eigenvalue weighted by Gasteiger charge is 2.36. The third-order valence-electron chi connectivity index (χ3n) is 7.67. The van der Waals surface area contributed by atoms with Crippen molar-refractivity contribution >= 4 is 0 Å². The van der Waals surface area contributed by atoms with E-state index < -0.39 is 6.10 Å². The molecule has 0 bridgehead atoms. The third kappa shape index (κ3) is 12.4. The van der Waals surface area contributed by atoms with Crippen molar-refractivity contribution in [2.24, 2.45) is 0 Å². The zero-order valence-electron chi connectivity index (χ0n) is 22.6. The lowest BCUT2D eigenvalue weighted by Gasteiger charge is -2.38. The summed E-state index contributed by atoms with van der Waals surface area (Å²) in [5.74, 6) is 0. The number of hydrogen-bond acceptors (Lipinski definition) is 4. The van der Waals surface area contributed by atoms with Crippen molar-refractivity contribution in [1.82, 2.24) is 4.90 Å². The molecule has 0 saturated carbocycles. The number of piperidine rings is 1. The predicted molar refractivity (Wildman–Crippen MR) is 147 cm³/mol. The van der Waals surface area contributed by atoms with Crippen molar-refractivity contribution in [1.29, 1.82) is 5.26 Å². The fourth-order valence-electron chi connectivity index (χ4n) is 5.31. The van der Waals surface area contributed by atoms with Gasteiger partial charge in [0.2, 0.25) is 0 Å². The van der Waals surface area contributed by atoms with E-state index in [-0.39, 0.29) is 5.41 Å². The van der Waals surface area contributed by atoms with Crippen LogP contribution in [-0.2, 0) is 10.2 Å². The number of benzene rings is 1. The van der Waals surface area contributed by atoms with Crippen molar-refractivity contribution in [3.63, 3.8) is 0 Å². The number of ether oxygens (including phenoxy) is 1. The first-order valence-electron chi connectivity index (χ1n) is 14.6. The summed E-state index contributed by atoms with van der Waals surface area (Å²) in [6, 6.07) is 12.7. The van der Waals surface area contributed by atoms with Gasteiger partial charge in [-0.2, -0.15) is 5.26 Å². The van der Waals surface area contributed by atoms with Crippen molar-refractivity contribution < 1.29 is 9.84 Å². The van der Waals surface area contributed by atoms with Crippen LogP contribution in [0.3, 0.4) is 0 Å². The van der Waals surface area contributed by atoms with E-state index in [1.54, 1.807) is 0 Å². The minimum absolute atomic E-state index is 0.382.